The number of benzene rings is 2. The summed E-state index contributed by atoms with van der Waals surface area (Å²) in [6.45, 7) is 4.21. The second kappa shape index (κ2) is 8.63. The number of amides is 1. The Balaban J connectivity index is 1.82. The monoisotopic (exact) mass is 476 g/mol. The van der Waals surface area contributed by atoms with Crippen LogP contribution >= 0.6 is 0 Å². The molecule has 2 aromatic carbocycles. The number of carbonyl (C=O) groups is 2. The Hall–Kier alpha value is -3.48. The molecule has 0 radical (unpaired) electrons. The number of hydrogen-bond donors (Lipinski definition) is 1. The summed E-state index contributed by atoms with van der Waals surface area (Å²) in [6, 6.07) is 10.7. The van der Waals surface area contributed by atoms with Gasteiger partial charge in [-0.15, -0.1) is 0 Å². The molecule has 0 saturated heterocycles. The Morgan fingerprint density at radius 2 is 1.63 bits per heavy atom. The second-order valence-electron chi connectivity index (χ2n) is 10.3. The van der Waals surface area contributed by atoms with Gasteiger partial charge in [0.15, 0.2) is 17.3 Å². The van der Waals surface area contributed by atoms with E-state index in [1.165, 1.54) is 0 Å². The highest BCUT2D eigenvalue weighted by Crippen LogP contribution is 2.52. The van der Waals surface area contributed by atoms with E-state index in [2.05, 4.69) is 19.2 Å². The largest absolute Gasteiger partial charge is 0.496 e. The zero-order valence-corrected chi connectivity index (χ0v) is 20.9. The summed E-state index contributed by atoms with van der Waals surface area (Å²) in [6.07, 6.45) is 2.81. The Bertz CT molecular complexity index is 1230. The first-order valence-electron chi connectivity index (χ1n) is 12.0. The Morgan fingerprint density at radius 1 is 0.971 bits per heavy atom. The number of ether oxygens (including phenoxy) is 3. The van der Waals surface area contributed by atoms with Crippen molar-refractivity contribution < 1.29 is 23.8 Å². The molecule has 1 fully saturated rings. The van der Waals surface area contributed by atoms with E-state index in [1.54, 1.807) is 27.4 Å². The fourth-order valence-corrected chi connectivity index (χ4v) is 5.32. The van der Waals surface area contributed by atoms with Crippen LogP contribution in [0.5, 0.6) is 17.2 Å². The van der Waals surface area contributed by atoms with Gasteiger partial charge in [0.2, 0.25) is 5.91 Å². The van der Waals surface area contributed by atoms with Gasteiger partial charge in [-0.1, -0.05) is 26.0 Å². The van der Waals surface area contributed by atoms with Gasteiger partial charge in [-0.2, -0.15) is 0 Å². The second-order valence-corrected chi connectivity index (χ2v) is 10.3. The van der Waals surface area contributed by atoms with Crippen molar-refractivity contribution in [3.63, 3.8) is 0 Å². The molecule has 35 heavy (non-hydrogen) atoms. The molecule has 2 aromatic rings. The van der Waals surface area contributed by atoms with Crippen molar-refractivity contribution in [2.75, 3.05) is 31.5 Å². The molecule has 184 valence electrons. The average molecular weight is 477 g/mol. The molecule has 0 spiro atoms. The maximum absolute atomic E-state index is 13.9. The van der Waals surface area contributed by atoms with Crippen molar-refractivity contribution >= 4 is 23.1 Å². The van der Waals surface area contributed by atoms with Crippen LogP contribution in [-0.2, 0) is 9.59 Å². The number of carbonyl (C=O) groups excluding carboxylic acids is 2. The molecule has 1 N–H and O–H groups in total. The molecule has 5 rings (SSSR count). The number of para-hydroxylation sites is 2. The van der Waals surface area contributed by atoms with Gasteiger partial charge in [-0.25, -0.2) is 0 Å². The van der Waals surface area contributed by atoms with Gasteiger partial charge in [0.1, 0.15) is 5.75 Å². The predicted octanol–water partition coefficient (Wildman–Crippen LogP) is 5.27. The highest BCUT2D eigenvalue weighted by molar-refractivity contribution is 6.07. The number of allylic oxidation sites excluding steroid dienone is 1. The van der Waals surface area contributed by atoms with Crippen LogP contribution < -0.4 is 24.4 Å². The molecule has 3 aliphatic rings. The summed E-state index contributed by atoms with van der Waals surface area (Å²) in [4.78, 5) is 29.6. The summed E-state index contributed by atoms with van der Waals surface area (Å²) in [5, 5.41) is 3.55. The van der Waals surface area contributed by atoms with E-state index in [9.17, 15) is 9.59 Å². The number of nitrogens with zero attached hydrogens (tertiary/aromatic N) is 1. The summed E-state index contributed by atoms with van der Waals surface area (Å²) < 4.78 is 16.9. The number of rotatable bonds is 5. The number of methoxy groups -OCH3 is 3. The topological polar surface area (TPSA) is 77.1 Å². The molecule has 0 unspecified atom stereocenters. The third kappa shape index (κ3) is 4.03. The van der Waals surface area contributed by atoms with E-state index in [0.717, 1.165) is 29.9 Å². The van der Waals surface area contributed by atoms with Crippen LogP contribution in [0.1, 0.15) is 51.1 Å². The lowest BCUT2D eigenvalue weighted by molar-refractivity contribution is -0.120. The van der Waals surface area contributed by atoms with Gasteiger partial charge in [0.05, 0.1) is 38.7 Å². The van der Waals surface area contributed by atoms with Crippen LogP contribution in [0.25, 0.3) is 0 Å². The minimum Gasteiger partial charge on any atom is -0.496 e. The lowest BCUT2D eigenvalue weighted by atomic mass is 9.73. The van der Waals surface area contributed by atoms with Crippen LogP contribution in [0.15, 0.2) is 47.7 Å². The van der Waals surface area contributed by atoms with Crippen LogP contribution in [0, 0.1) is 11.3 Å². The maximum atomic E-state index is 13.9. The van der Waals surface area contributed by atoms with E-state index in [4.69, 9.17) is 14.2 Å². The molecule has 1 amide bonds. The van der Waals surface area contributed by atoms with E-state index < -0.39 is 6.04 Å². The minimum atomic E-state index is -0.660. The van der Waals surface area contributed by atoms with Crippen molar-refractivity contribution in [1.82, 2.24) is 0 Å². The average Bonchev–Trinajstić information content (AvgIpc) is 3.68. The molecular formula is C28H32N2O5. The SMILES string of the molecule is COc1cc(OC)c([C@@H]2C3=C(CC(C)(C)CC3=O)Nc3ccccc3N2C(=O)C2CC2)cc1OC. The Kier molecular flexibility index (Phi) is 5.74. The maximum Gasteiger partial charge on any atom is 0.231 e. The van der Waals surface area contributed by atoms with Gasteiger partial charge in [-0.05, 0) is 42.9 Å². The molecule has 7 nitrogen and oxygen atoms in total. The predicted molar refractivity (Wildman–Crippen MR) is 134 cm³/mol. The highest BCUT2D eigenvalue weighted by Gasteiger charge is 2.47. The number of Topliss-reactive ketones (excluding diaryl/α,β-unsaturated/α-hetero) is 1. The van der Waals surface area contributed by atoms with Crippen LogP contribution in [0.4, 0.5) is 11.4 Å². The Labute approximate surface area is 206 Å². The summed E-state index contributed by atoms with van der Waals surface area (Å²) in [7, 11) is 4.73. The molecule has 0 aromatic heterocycles. The summed E-state index contributed by atoms with van der Waals surface area (Å²) in [5.41, 5.74) is 3.54. The number of fused-ring (bicyclic) bond motifs is 1. The standard InChI is InChI=1S/C28H32N2O5/c1-28(2)14-19-25(21(31)15-28)26(17-12-23(34-4)24(35-5)13-22(17)33-3)30(27(32)16-10-11-16)20-9-7-6-8-18(20)29-19/h6-9,12-13,16,26,29H,10-11,14-15H2,1-5H3/t26-/m1/s1. The third-order valence-electron chi connectivity index (χ3n) is 7.10. The summed E-state index contributed by atoms with van der Waals surface area (Å²) >= 11 is 0. The number of hydrogen-bond acceptors (Lipinski definition) is 6. The fraction of sp³-hybridized carbons (Fsp3) is 0.429. The zero-order valence-electron chi connectivity index (χ0n) is 20.9. The first kappa shape index (κ1) is 23.3. The van der Waals surface area contributed by atoms with Crippen LogP contribution in [0.2, 0.25) is 0 Å². The lowest BCUT2D eigenvalue weighted by Crippen LogP contribution is -2.40. The van der Waals surface area contributed by atoms with E-state index >= 15 is 0 Å². The van der Waals surface area contributed by atoms with Gasteiger partial charge in [0.25, 0.3) is 0 Å². The van der Waals surface area contributed by atoms with Crippen molar-refractivity contribution in [3.05, 3.63) is 53.2 Å². The van der Waals surface area contributed by atoms with Gasteiger partial charge in [0, 0.05) is 35.2 Å². The highest BCUT2D eigenvalue weighted by atomic mass is 16.5. The molecule has 7 heteroatoms. The van der Waals surface area contributed by atoms with Crippen LogP contribution in [-0.4, -0.2) is 33.0 Å². The molecule has 1 saturated carbocycles. The third-order valence-corrected chi connectivity index (χ3v) is 7.10. The number of ketones is 1. The van der Waals surface area contributed by atoms with Crippen LogP contribution in [0.3, 0.4) is 0 Å². The number of anilines is 2. The first-order valence-corrected chi connectivity index (χ1v) is 12.0. The van der Waals surface area contributed by atoms with Gasteiger partial charge in [-0.3, -0.25) is 14.5 Å². The van der Waals surface area contributed by atoms with E-state index in [0.29, 0.717) is 41.2 Å². The molecule has 1 atom stereocenters. The van der Waals surface area contributed by atoms with Crippen molar-refractivity contribution in [1.29, 1.82) is 0 Å². The normalized spacial score (nSPS) is 20.9. The quantitative estimate of drug-likeness (QED) is 0.634. The van der Waals surface area contributed by atoms with E-state index in [-0.39, 0.29) is 23.0 Å². The number of nitrogens with one attached hydrogen (secondary N) is 1. The Morgan fingerprint density at radius 3 is 2.29 bits per heavy atom. The molecule has 1 heterocycles. The minimum absolute atomic E-state index is 0.0208. The summed E-state index contributed by atoms with van der Waals surface area (Å²) in [5.74, 6) is 1.57. The lowest BCUT2D eigenvalue weighted by Gasteiger charge is -2.37. The smallest absolute Gasteiger partial charge is 0.231 e. The van der Waals surface area contributed by atoms with Crippen molar-refractivity contribution in [2.24, 2.45) is 11.3 Å². The molecule has 1 aliphatic heterocycles. The zero-order chi connectivity index (χ0) is 24.9. The first-order chi connectivity index (χ1) is 16.8. The van der Waals surface area contributed by atoms with Crippen molar-refractivity contribution in [2.45, 2.75) is 45.6 Å². The van der Waals surface area contributed by atoms with E-state index in [1.807, 2.05) is 35.2 Å². The van der Waals surface area contributed by atoms with Gasteiger partial charge < -0.3 is 19.5 Å². The fourth-order valence-electron chi connectivity index (χ4n) is 5.32. The van der Waals surface area contributed by atoms with Crippen molar-refractivity contribution in [3.8, 4) is 17.2 Å². The molecule has 2 aliphatic carbocycles. The molecular weight excluding hydrogens is 444 g/mol. The van der Waals surface area contributed by atoms with Gasteiger partial charge >= 0.3 is 0 Å². The molecule has 0 bridgehead atoms.